The number of fused-ring (bicyclic) bond motifs is 1. The largest absolute Gasteiger partial charge is 0.433 e. The summed E-state index contributed by atoms with van der Waals surface area (Å²) in [5, 5.41) is 0.511. The van der Waals surface area contributed by atoms with E-state index in [4.69, 9.17) is 5.73 Å². The zero-order valence-electron chi connectivity index (χ0n) is 7.55. The van der Waals surface area contributed by atoms with E-state index >= 15 is 0 Å². The Kier molecular flexibility index (Phi) is 2.03. The number of nitrogens with zero attached hydrogens (tertiary/aromatic N) is 1. The first-order valence-corrected chi connectivity index (χ1v) is 4.20. The minimum Gasteiger partial charge on any atom is -0.399 e. The molecule has 2 aromatic rings. The normalized spacial score (nSPS) is 11.9. The number of pyridine rings is 1. The molecule has 5 heteroatoms. The van der Waals surface area contributed by atoms with Gasteiger partial charge in [0.2, 0.25) is 0 Å². The maximum atomic E-state index is 12.5. The van der Waals surface area contributed by atoms with E-state index in [2.05, 4.69) is 4.98 Å². The van der Waals surface area contributed by atoms with Gasteiger partial charge >= 0.3 is 6.18 Å². The van der Waals surface area contributed by atoms with Crippen LogP contribution in [0.25, 0.3) is 10.8 Å². The van der Waals surface area contributed by atoms with Crippen molar-refractivity contribution in [3.05, 3.63) is 36.2 Å². The molecule has 0 atom stereocenters. The van der Waals surface area contributed by atoms with Gasteiger partial charge in [-0.1, -0.05) is 6.07 Å². The summed E-state index contributed by atoms with van der Waals surface area (Å²) in [6, 6.07) is 5.76. The highest BCUT2D eigenvalue weighted by Crippen LogP contribution is 2.33. The topological polar surface area (TPSA) is 38.9 Å². The van der Waals surface area contributed by atoms with Gasteiger partial charge in [0.25, 0.3) is 0 Å². The van der Waals surface area contributed by atoms with Gasteiger partial charge in [0, 0.05) is 17.3 Å². The van der Waals surface area contributed by atoms with Crippen molar-refractivity contribution in [1.29, 1.82) is 0 Å². The third-order valence-corrected chi connectivity index (χ3v) is 2.06. The number of rotatable bonds is 0. The molecule has 2 N–H and O–H groups in total. The lowest BCUT2D eigenvalue weighted by Gasteiger charge is -2.08. The van der Waals surface area contributed by atoms with Crippen LogP contribution in [0.1, 0.15) is 5.69 Å². The molecular weight excluding hydrogens is 205 g/mol. The predicted molar refractivity (Wildman–Crippen MR) is 51.2 cm³/mol. The zero-order chi connectivity index (χ0) is 11.1. The third kappa shape index (κ3) is 1.72. The van der Waals surface area contributed by atoms with Crippen molar-refractivity contribution in [3.63, 3.8) is 0 Å². The van der Waals surface area contributed by atoms with E-state index in [0.717, 1.165) is 6.20 Å². The maximum absolute atomic E-state index is 12.5. The molecule has 0 bridgehead atoms. The van der Waals surface area contributed by atoms with E-state index in [-0.39, 0.29) is 5.39 Å². The van der Waals surface area contributed by atoms with E-state index in [1.165, 1.54) is 24.3 Å². The molecule has 2 rings (SSSR count). The Morgan fingerprint density at radius 2 is 1.87 bits per heavy atom. The van der Waals surface area contributed by atoms with Crippen molar-refractivity contribution in [2.45, 2.75) is 6.18 Å². The Hall–Kier alpha value is -1.78. The van der Waals surface area contributed by atoms with Gasteiger partial charge in [-0.25, -0.2) is 0 Å². The van der Waals surface area contributed by atoms with Crippen LogP contribution in [0, 0.1) is 0 Å². The summed E-state index contributed by atoms with van der Waals surface area (Å²) < 4.78 is 37.6. The van der Waals surface area contributed by atoms with E-state index in [1.54, 1.807) is 0 Å². The van der Waals surface area contributed by atoms with E-state index in [9.17, 15) is 13.2 Å². The van der Waals surface area contributed by atoms with Gasteiger partial charge in [-0.05, 0) is 23.6 Å². The number of hydrogen-bond donors (Lipinski definition) is 1. The molecule has 0 aliphatic heterocycles. The van der Waals surface area contributed by atoms with Crippen molar-refractivity contribution >= 4 is 16.5 Å². The lowest BCUT2D eigenvalue weighted by molar-refractivity contribution is -0.139. The van der Waals surface area contributed by atoms with Gasteiger partial charge in [-0.15, -0.1) is 0 Å². The number of aromatic nitrogens is 1. The fourth-order valence-electron chi connectivity index (χ4n) is 1.42. The molecule has 0 spiro atoms. The van der Waals surface area contributed by atoms with Gasteiger partial charge in [-0.3, -0.25) is 4.98 Å². The van der Waals surface area contributed by atoms with Gasteiger partial charge in [0.05, 0.1) is 0 Å². The predicted octanol–water partition coefficient (Wildman–Crippen LogP) is 2.84. The van der Waals surface area contributed by atoms with Crippen LogP contribution in [-0.4, -0.2) is 4.98 Å². The second-order valence-corrected chi connectivity index (χ2v) is 3.14. The molecule has 0 radical (unpaired) electrons. The first-order chi connectivity index (χ1) is 6.98. The SMILES string of the molecule is Nc1ccc2c(C(F)(F)F)nccc2c1. The van der Waals surface area contributed by atoms with Crippen molar-refractivity contribution in [2.24, 2.45) is 0 Å². The van der Waals surface area contributed by atoms with Crippen molar-refractivity contribution in [1.82, 2.24) is 4.98 Å². The maximum Gasteiger partial charge on any atom is 0.433 e. The Balaban J connectivity index is 2.77. The van der Waals surface area contributed by atoms with Gasteiger partial charge in [0.15, 0.2) is 5.69 Å². The van der Waals surface area contributed by atoms with Crippen LogP contribution in [0.15, 0.2) is 30.5 Å². The van der Waals surface area contributed by atoms with E-state index in [1.807, 2.05) is 0 Å². The molecular formula is C10H7F3N2. The van der Waals surface area contributed by atoms with Crippen molar-refractivity contribution in [3.8, 4) is 0 Å². The Bertz CT molecular complexity index is 505. The Labute approximate surface area is 83.5 Å². The molecule has 1 aromatic carbocycles. The van der Waals surface area contributed by atoms with Crippen LogP contribution in [0.4, 0.5) is 18.9 Å². The number of nitrogen functional groups attached to an aromatic ring is 1. The first kappa shape index (κ1) is 9.76. The van der Waals surface area contributed by atoms with Crippen molar-refractivity contribution < 1.29 is 13.2 Å². The highest BCUT2D eigenvalue weighted by atomic mass is 19.4. The molecule has 2 nitrogen and oxygen atoms in total. The van der Waals surface area contributed by atoms with Gasteiger partial charge in [-0.2, -0.15) is 13.2 Å². The smallest absolute Gasteiger partial charge is 0.399 e. The fourth-order valence-corrected chi connectivity index (χ4v) is 1.42. The average Bonchev–Trinajstić information content (AvgIpc) is 2.15. The van der Waals surface area contributed by atoms with Crippen LogP contribution in [-0.2, 0) is 6.18 Å². The Morgan fingerprint density at radius 3 is 2.53 bits per heavy atom. The quantitative estimate of drug-likeness (QED) is 0.682. The van der Waals surface area contributed by atoms with Gasteiger partial charge in [0.1, 0.15) is 0 Å². The minimum atomic E-state index is -4.43. The van der Waals surface area contributed by atoms with Crippen molar-refractivity contribution in [2.75, 3.05) is 5.73 Å². The molecule has 0 saturated carbocycles. The standard InChI is InChI=1S/C10H7F3N2/c11-10(12,13)9-8-2-1-7(14)5-6(8)3-4-15-9/h1-5H,14H2. The molecule has 0 amide bonds. The lowest BCUT2D eigenvalue weighted by Crippen LogP contribution is -2.08. The second-order valence-electron chi connectivity index (χ2n) is 3.14. The minimum absolute atomic E-state index is 0.0687. The van der Waals surface area contributed by atoms with Gasteiger partial charge < -0.3 is 5.73 Å². The number of hydrogen-bond acceptors (Lipinski definition) is 2. The Morgan fingerprint density at radius 1 is 1.13 bits per heavy atom. The number of halogens is 3. The first-order valence-electron chi connectivity index (χ1n) is 4.20. The highest BCUT2D eigenvalue weighted by Gasteiger charge is 2.34. The molecule has 78 valence electrons. The van der Waals surface area contributed by atoms with Crippen LogP contribution >= 0.6 is 0 Å². The highest BCUT2D eigenvalue weighted by molar-refractivity contribution is 5.87. The summed E-state index contributed by atoms with van der Waals surface area (Å²) >= 11 is 0. The van der Waals surface area contributed by atoms with Crippen LogP contribution in [0.3, 0.4) is 0 Å². The molecule has 1 heterocycles. The molecule has 0 fully saturated rings. The summed E-state index contributed by atoms with van der Waals surface area (Å²) in [6.07, 6.45) is -3.31. The molecule has 0 saturated heterocycles. The third-order valence-electron chi connectivity index (χ3n) is 2.06. The average molecular weight is 212 g/mol. The number of anilines is 1. The zero-order valence-corrected chi connectivity index (χ0v) is 7.55. The number of alkyl halides is 3. The van der Waals surface area contributed by atoms with E-state index < -0.39 is 11.9 Å². The van der Waals surface area contributed by atoms with Crippen LogP contribution in [0.5, 0.6) is 0 Å². The molecule has 0 unspecified atom stereocenters. The second kappa shape index (κ2) is 3.12. The lowest BCUT2D eigenvalue weighted by atomic mass is 10.1. The summed E-state index contributed by atoms with van der Waals surface area (Å²) in [6.45, 7) is 0. The molecule has 0 aliphatic carbocycles. The van der Waals surface area contributed by atoms with Crippen LogP contribution in [0.2, 0.25) is 0 Å². The summed E-state index contributed by atoms with van der Waals surface area (Å²) in [5.74, 6) is 0. The summed E-state index contributed by atoms with van der Waals surface area (Å²) in [7, 11) is 0. The number of benzene rings is 1. The fraction of sp³-hybridized carbons (Fsp3) is 0.100. The monoisotopic (exact) mass is 212 g/mol. The number of nitrogens with two attached hydrogens (primary N) is 1. The molecule has 1 aromatic heterocycles. The summed E-state index contributed by atoms with van der Waals surface area (Å²) in [4.78, 5) is 3.34. The van der Waals surface area contributed by atoms with Crippen LogP contribution < -0.4 is 5.73 Å². The molecule has 15 heavy (non-hydrogen) atoms. The summed E-state index contributed by atoms with van der Waals surface area (Å²) in [5.41, 5.74) is 5.04. The molecule has 0 aliphatic rings. The van der Waals surface area contributed by atoms with E-state index in [0.29, 0.717) is 11.1 Å².